The van der Waals surface area contributed by atoms with Crippen LogP contribution in [0.15, 0.2) is 79.4 Å². The molecule has 4 unspecified atom stereocenters. The highest BCUT2D eigenvalue weighted by molar-refractivity contribution is 6.30. The van der Waals surface area contributed by atoms with Crippen LogP contribution in [0.2, 0.25) is 5.02 Å². The predicted octanol–water partition coefficient (Wildman–Crippen LogP) is 7.89. The number of carbonyl (C=O) groups is 1. The number of nitrogens with zero attached hydrogens (tertiary/aromatic N) is 1. The second-order valence-electron chi connectivity index (χ2n) is 10.8. The van der Waals surface area contributed by atoms with Gasteiger partial charge in [-0.2, -0.15) is 0 Å². The molecule has 6 nitrogen and oxygen atoms in total. The first kappa shape index (κ1) is 31.6. The Kier molecular flexibility index (Phi) is 10.7. The van der Waals surface area contributed by atoms with E-state index in [1.165, 1.54) is 5.56 Å². The van der Waals surface area contributed by atoms with Crippen molar-refractivity contribution in [2.45, 2.75) is 70.4 Å². The lowest BCUT2D eigenvalue weighted by Crippen LogP contribution is -2.60. The zero-order valence-electron chi connectivity index (χ0n) is 25.3. The number of hydrogen-bond donors (Lipinski definition) is 0. The van der Waals surface area contributed by atoms with Gasteiger partial charge in [0.15, 0.2) is 11.5 Å². The van der Waals surface area contributed by atoms with Crippen molar-refractivity contribution in [1.29, 1.82) is 0 Å². The van der Waals surface area contributed by atoms with E-state index in [9.17, 15) is 4.79 Å². The van der Waals surface area contributed by atoms with Gasteiger partial charge in [0.25, 0.3) is 5.91 Å². The monoisotopic (exact) mass is 591 g/mol. The van der Waals surface area contributed by atoms with Crippen molar-refractivity contribution in [2.24, 2.45) is 0 Å². The number of halogens is 1. The first-order valence-corrected chi connectivity index (χ1v) is 14.9. The second kappa shape index (κ2) is 14.2. The van der Waals surface area contributed by atoms with E-state index in [0.29, 0.717) is 42.6 Å². The Morgan fingerprint density at radius 1 is 1.00 bits per heavy atom. The highest BCUT2D eigenvalue weighted by Gasteiger charge is 2.52. The fourth-order valence-electron chi connectivity index (χ4n) is 5.66. The number of rotatable bonds is 13. The molecule has 1 heterocycles. The van der Waals surface area contributed by atoms with E-state index < -0.39 is 11.7 Å². The molecule has 1 aliphatic heterocycles. The average Bonchev–Trinajstić information content (AvgIpc) is 3.01. The first-order chi connectivity index (χ1) is 20.3. The molecular weight excluding hydrogens is 550 g/mol. The van der Waals surface area contributed by atoms with Gasteiger partial charge in [-0.05, 0) is 66.3 Å². The quantitative estimate of drug-likeness (QED) is 0.189. The fraction of sp³-hybridized carbons (Fsp3) is 0.400. The van der Waals surface area contributed by atoms with Crippen LogP contribution in [0.1, 0.15) is 68.0 Å². The van der Waals surface area contributed by atoms with Crippen LogP contribution in [0.5, 0.6) is 11.5 Å². The Balaban J connectivity index is 1.72. The average molecular weight is 592 g/mol. The third-order valence-electron chi connectivity index (χ3n) is 7.99. The number of methoxy groups -OCH3 is 2. The van der Waals surface area contributed by atoms with Crippen LogP contribution in [-0.2, 0) is 27.3 Å². The van der Waals surface area contributed by atoms with Crippen molar-refractivity contribution < 1.29 is 23.7 Å². The van der Waals surface area contributed by atoms with E-state index in [1.807, 2.05) is 54.3 Å². The smallest absolute Gasteiger partial charge is 0.255 e. The maximum absolute atomic E-state index is 14.4. The molecule has 0 bridgehead atoms. The lowest BCUT2D eigenvalue weighted by molar-refractivity contribution is -0.204. The predicted molar refractivity (Wildman–Crippen MR) is 167 cm³/mol. The Labute approximate surface area is 255 Å². The summed E-state index contributed by atoms with van der Waals surface area (Å²) in [6, 6.07) is 21.3. The summed E-state index contributed by atoms with van der Waals surface area (Å²) in [6.45, 7) is 10.8. The van der Waals surface area contributed by atoms with Crippen molar-refractivity contribution in [3.63, 3.8) is 0 Å². The van der Waals surface area contributed by atoms with Crippen LogP contribution >= 0.6 is 11.6 Å². The number of benzene rings is 3. The molecule has 3 aromatic carbocycles. The molecule has 0 spiro atoms. The number of hydrogen-bond acceptors (Lipinski definition) is 5. The molecule has 1 aliphatic rings. The molecule has 1 saturated heterocycles. The normalized spacial score (nSPS) is 21.2. The van der Waals surface area contributed by atoms with Gasteiger partial charge < -0.3 is 23.8 Å². The topological polar surface area (TPSA) is 57.2 Å². The van der Waals surface area contributed by atoms with Gasteiger partial charge in [-0.25, -0.2) is 0 Å². The molecular formula is C35H42ClNO5. The largest absolute Gasteiger partial charge is 0.493 e. The minimum Gasteiger partial charge on any atom is -0.493 e. The molecule has 0 saturated carbocycles. The van der Waals surface area contributed by atoms with Gasteiger partial charge in [0, 0.05) is 11.4 Å². The maximum atomic E-state index is 14.4. The van der Waals surface area contributed by atoms with Gasteiger partial charge in [-0.1, -0.05) is 74.0 Å². The molecule has 0 radical (unpaired) electrons. The minimum atomic E-state index is -1.08. The van der Waals surface area contributed by atoms with E-state index in [-0.39, 0.29) is 18.0 Å². The third-order valence-corrected chi connectivity index (χ3v) is 8.24. The standard InChI is InChI=1S/C35H42ClNO5/c1-7-19-35(4)34(38)37(29(9-3)23-41-22-25-13-18-30(39-5)31(21-25)40-6)32(26-14-16-28(36)17-15-26)33(42-35)27-12-10-11-24(8-2)20-27/h7,10-18,20-21,29,32-33H,1,8-9,19,22-23H2,2-6H3. The molecule has 3 aromatic rings. The number of carbonyl (C=O) groups excluding carboxylic acids is 1. The van der Waals surface area contributed by atoms with Crippen molar-refractivity contribution in [2.75, 3.05) is 20.8 Å². The highest BCUT2D eigenvalue weighted by Crippen LogP contribution is 2.47. The summed E-state index contributed by atoms with van der Waals surface area (Å²) in [5.41, 5.74) is 3.08. The molecule has 224 valence electrons. The summed E-state index contributed by atoms with van der Waals surface area (Å²) in [5.74, 6) is 1.23. The number of amides is 1. The molecule has 4 atom stereocenters. The van der Waals surface area contributed by atoms with E-state index >= 15 is 0 Å². The van der Waals surface area contributed by atoms with E-state index in [1.54, 1.807) is 20.3 Å². The molecule has 0 N–H and O–H groups in total. The zero-order chi connectivity index (χ0) is 30.3. The lowest BCUT2D eigenvalue weighted by atomic mass is 9.85. The zero-order valence-corrected chi connectivity index (χ0v) is 26.0. The van der Waals surface area contributed by atoms with Crippen LogP contribution in [0, 0.1) is 0 Å². The first-order valence-electron chi connectivity index (χ1n) is 14.5. The second-order valence-corrected chi connectivity index (χ2v) is 11.3. The Morgan fingerprint density at radius 2 is 1.74 bits per heavy atom. The molecule has 4 rings (SSSR count). The van der Waals surface area contributed by atoms with Gasteiger partial charge in [0.2, 0.25) is 0 Å². The number of morpholine rings is 1. The van der Waals surface area contributed by atoms with Crippen molar-refractivity contribution >= 4 is 17.5 Å². The Bertz CT molecular complexity index is 1360. The molecule has 0 aromatic heterocycles. The summed E-state index contributed by atoms with van der Waals surface area (Å²) in [4.78, 5) is 16.4. The summed E-state index contributed by atoms with van der Waals surface area (Å²) >= 11 is 6.29. The third kappa shape index (κ3) is 6.83. The summed E-state index contributed by atoms with van der Waals surface area (Å²) in [6.07, 6.45) is 3.35. The van der Waals surface area contributed by atoms with Crippen LogP contribution in [0.25, 0.3) is 0 Å². The van der Waals surface area contributed by atoms with Crippen LogP contribution in [-0.4, -0.2) is 43.3 Å². The fourth-order valence-corrected chi connectivity index (χ4v) is 5.78. The number of ether oxygens (including phenoxy) is 4. The molecule has 42 heavy (non-hydrogen) atoms. The summed E-state index contributed by atoms with van der Waals surface area (Å²) in [7, 11) is 3.23. The maximum Gasteiger partial charge on any atom is 0.255 e. The SMILES string of the molecule is C=CCC1(C)OC(c2cccc(CC)c2)C(c2ccc(Cl)cc2)N(C(CC)COCc2ccc(OC)c(OC)c2)C1=O. The van der Waals surface area contributed by atoms with E-state index in [4.69, 9.17) is 30.5 Å². The summed E-state index contributed by atoms with van der Waals surface area (Å²) in [5, 5.41) is 0.639. The lowest BCUT2D eigenvalue weighted by Gasteiger charge is -2.51. The number of aryl methyl sites for hydroxylation is 1. The van der Waals surface area contributed by atoms with Crippen molar-refractivity contribution in [3.8, 4) is 11.5 Å². The molecule has 0 aliphatic carbocycles. The molecule has 1 fully saturated rings. The van der Waals surface area contributed by atoms with Crippen LogP contribution in [0.3, 0.4) is 0 Å². The summed E-state index contributed by atoms with van der Waals surface area (Å²) < 4.78 is 23.9. The van der Waals surface area contributed by atoms with E-state index in [2.05, 4.69) is 44.7 Å². The van der Waals surface area contributed by atoms with Crippen molar-refractivity contribution in [1.82, 2.24) is 4.90 Å². The van der Waals surface area contributed by atoms with Gasteiger partial charge in [0.05, 0.1) is 39.5 Å². The Morgan fingerprint density at radius 3 is 2.38 bits per heavy atom. The highest BCUT2D eigenvalue weighted by atomic mass is 35.5. The van der Waals surface area contributed by atoms with Gasteiger partial charge >= 0.3 is 0 Å². The van der Waals surface area contributed by atoms with Gasteiger partial charge in [-0.15, -0.1) is 6.58 Å². The van der Waals surface area contributed by atoms with Gasteiger partial charge in [0.1, 0.15) is 11.7 Å². The molecule has 7 heteroatoms. The molecule has 1 amide bonds. The van der Waals surface area contributed by atoms with E-state index in [0.717, 1.165) is 23.1 Å². The van der Waals surface area contributed by atoms with Crippen LogP contribution in [0.4, 0.5) is 0 Å². The van der Waals surface area contributed by atoms with Crippen molar-refractivity contribution in [3.05, 3.63) is 107 Å². The Hall–Kier alpha value is -3.32. The minimum absolute atomic E-state index is 0.0770. The van der Waals surface area contributed by atoms with Gasteiger partial charge in [-0.3, -0.25) is 4.79 Å². The van der Waals surface area contributed by atoms with Crippen LogP contribution < -0.4 is 9.47 Å².